The first kappa shape index (κ1) is 13.2. The molecule has 0 aliphatic carbocycles. The Kier molecular flexibility index (Phi) is 3.91. The zero-order valence-electron chi connectivity index (χ0n) is 10.4. The lowest BCUT2D eigenvalue weighted by Crippen LogP contribution is -2.99. The van der Waals surface area contributed by atoms with Gasteiger partial charge in [0.25, 0.3) is 0 Å². The number of aliphatic imine (C=N–C) groups is 1. The normalized spacial score (nSPS) is 13.3. The minimum atomic E-state index is -0.953. The topological polar surface area (TPSA) is 80.3 Å². The molecule has 0 aromatic heterocycles. The van der Waals surface area contributed by atoms with Crippen molar-refractivity contribution in [3.05, 3.63) is 59.3 Å². The molecule has 2 aromatic carbocycles. The summed E-state index contributed by atoms with van der Waals surface area (Å²) >= 11 is 0. The SMILES string of the molecule is CC(=Nc1ccc([NH+]([O-])O)cc1)c1ccc(O)cc1. The van der Waals surface area contributed by atoms with Gasteiger partial charge in [0.1, 0.15) is 5.75 Å². The molecule has 19 heavy (non-hydrogen) atoms. The molecule has 1 atom stereocenters. The molecule has 0 saturated heterocycles. The highest BCUT2D eigenvalue weighted by Crippen LogP contribution is 2.17. The molecule has 5 nitrogen and oxygen atoms in total. The molecule has 5 heteroatoms. The Bertz CT molecular complexity index is 575. The summed E-state index contributed by atoms with van der Waals surface area (Å²) in [7, 11) is 0. The average Bonchev–Trinajstić information content (AvgIpc) is 2.40. The maximum Gasteiger partial charge on any atom is 0.163 e. The molecular weight excluding hydrogens is 244 g/mol. The first-order valence-corrected chi connectivity index (χ1v) is 5.74. The van der Waals surface area contributed by atoms with Crippen molar-refractivity contribution in [2.45, 2.75) is 6.92 Å². The molecule has 0 heterocycles. The van der Waals surface area contributed by atoms with Crippen LogP contribution in [0.5, 0.6) is 5.75 Å². The van der Waals surface area contributed by atoms with E-state index in [-0.39, 0.29) is 11.4 Å². The van der Waals surface area contributed by atoms with Crippen molar-refractivity contribution in [2.24, 2.45) is 4.99 Å². The van der Waals surface area contributed by atoms with E-state index >= 15 is 0 Å². The number of hydrogen-bond donors (Lipinski definition) is 3. The van der Waals surface area contributed by atoms with Crippen molar-refractivity contribution in [3.63, 3.8) is 0 Å². The Labute approximate surface area is 110 Å². The quantitative estimate of drug-likeness (QED) is 0.581. The monoisotopic (exact) mass is 258 g/mol. The van der Waals surface area contributed by atoms with Crippen LogP contribution in [0.15, 0.2) is 53.5 Å². The van der Waals surface area contributed by atoms with Gasteiger partial charge < -0.3 is 10.3 Å². The first-order chi connectivity index (χ1) is 9.06. The van der Waals surface area contributed by atoms with Gasteiger partial charge in [-0.15, -0.1) is 0 Å². The molecule has 2 rings (SSSR count). The second-order valence-electron chi connectivity index (χ2n) is 4.10. The Balaban J connectivity index is 2.22. The van der Waals surface area contributed by atoms with E-state index < -0.39 is 5.23 Å². The van der Waals surface area contributed by atoms with Crippen LogP contribution in [0.2, 0.25) is 0 Å². The molecule has 0 saturated carbocycles. The number of nitrogens with one attached hydrogen (secondary N) is 1. The first-order valence-electron chi connectivity index (χ1n) is 5.74. The fourth-order valence-corrected chi connectivity index (χ4v) is 1.64. The lowest BCUT2D eigenvalue weighted by atomic mass is 10.1. The van der Waals surface area contributed by atoms with E-state index in [1.54, 1.807) is 36.4 Å². The summed E-state index contributed by atoms with van der Waals surface area (Å²) in [6.45, 7) is 1.86. The fourth-order valence-electron chi connectivity index (χ4n) is 1.64. The summed E-state index contributed by atoms with van der Waals surface area (Å²) in [5, 5.41) is 27.8. The molecule has 0 radical (unpaired) electrons. The Hall–Kier alpha value is -2.21. The van der Waals surface area contributed by atoms with Gasteiger partial charge in [0.15, 0.2) is 5.69 Å². The van der Waals surface area contributed by atoms with Crippen molar-refractivity contribution in [1.82, 2.24) is 0 Å². The van der Waals surface area contributed by atoms with Crippen LogP contribution in [-0.4, -0.2) is 16.0 Å². The van der Waals surface area contributed by atoms with E-state index in [1.165, 1.54) is 12.1 Å². The van der Waals surface area contributed by atoms with Crippen LogP contribution in [-0.2, 0) is 0 Å². The van der Waals surface area contributed by atoms with E-state index in [1.807, 2.05) is 6.92 Å². The standard InChI is InChI=1S/C14H14N2O3/c1-10(11-2-8-14(17)9-3-11)15-12-4-6-13(7-5-12)16(18)19/h2-9,16-18H,1H3. The number of hydrogen-bond acceptors (Lipinski definition) is 4. The van der Waals surface area contributed by atoms with Gasteiger partial charge in [-0.1, -0.05) is 0 Å². The molecule has 0 amide bonds. The number of phenols is 1. The summed E-state index contributed by atoms with van der Waals surface area (Å²) in [4.78, 5) is 4.40. The van der Waals surface area contributed by atoms with E-state index in [0.29, 0.717) is 5.69 Å². The zero-order valence-corrected chi connectivity index (χ0v) is 10.4. The van der Waals surface area contributed by atoms with Crippen molar-refractivity contribution < 1.29 is 15.5 Å². The van der Waals surface area contributed by atoms with E-state index in [9.17, 15) is 10.3 Å². The number of quaternary nitrogens is 1. The van der Waals surface area contributed by atoms with Crippen LogP contribution < -0.4 is 5.23 Å². The summed E-state index contributed by atoms with van der Waals surface area (Å²) in [5.74, 6) is 0.211. The Morgan fingerprint density at radius 1 is 1.05 bits per heavy atom. The Morgan fingerprint density at radius 3 is 2.16 bits per heavy atom. The van der Waals surface area contributed by atoms with Gasteiger partial charge >= 0.3 is 0 Å². The second-order valence-corrected chi connectivity index (χ2v) is 4.10. The predicted molar refractivity (Wildman–Crippen MR) is 72.2 cm³/mol. The number of nitrogens with zero attached hydrogens (tertiary/aromatic N) is 1. The minimum absolute atomic E-state index is 0.211. The highest BCUT2D eigenvalue weighted by Gasteiger charge is 2.01. The molecule has 0 aliphatic rings. The molecule has 98 valence electrons. The van der Waals surface area contributed by atoms with Crippen molar-refractivity contribution in [1.29, 1.82) is 0 Å². The lowest BCUT2D eigenvalue weighted by molar-refractivity contribution is -0.991. The number of aromatic hydroxyl groups is 1. The smallest absolute Gasteiger partial charge is 0.163 e. The van der Waals surface area contributed by atoms with Crippen molar-refractivity contribution >= 4 is 17.1 Å². The van der Waals surface area contributed by atoms with Gasteiger partial charge in [-0.2, -0.15) is 5.23 Å². The summed E-state index contributed by atoms with van der Waals surface area (Å²) in [6, 6.07) is 13.1. The second kappa shape index (κ2) is 5.62. The fraction of sp³-hybridized carbons (Fsp3) is 0.0714. The third kappa shape index (κ3) is 3.38. The Morgan fingerprint density at radius 2 is 1.63 bits per heavy atom. The van der Waals surface area contributed by atoms with Crippen LogP contribution in [0, 0.1) is 5.21 Å². The minimum Gasteiger partial charge on any atom is -0.595 e. The van der Waals surface area contributed by atoms with Crippen molar-refractivity contribution in [2.75, 3.05) is 0 Å². The van der Waals surface area contributed by atoms with Gasteiger partial charge in [0, 0.05) is 17.8 Å². The summed E-state index contributed by atoms with van der Waals surface area (Å²) in [5.41, 5.74) is 2.62. The number of phenolic OH excluding ortho intramolecular Hbond substituents is 1. The number of benzene rings is 2. The average molecular weight is 258 g/mol. The third-order valence-corrected chi connectivity index (χ3v) is 2.70. The van der Waals surface area contributed by atoms with Crippen LogP contribution in [0.3, 0.4) is 0 Å². The molecule has 0 bridgehead atoms. The molecule has 3 N–H and O–H groups in total. The van der Waals surface area contributed by atoms with Gasteiger partial charge in [0.05, 0.1) is 5.69 Å². The van der Waals surface area contributed by atoms with Crippen LogP contribution >= 0.6 is 0 Å². The van der Waals surface area contributed by atoms with E-state index in [0.717, 1.165) is 11.3 Å². The zero-order chi connectivity index (χ0) is 13.8. The molecule has 0 fully saturated rings. The molecule has 0 aliphatic heterocycles. The lowest BCUT2D eigenvalue weighted by Gasteiger charge is -2.10. The van der Waals surface area contributed by atoms with E-state index in [4.69, 9.17) is 5.21 Å². The van der Waals surface area contributed by atoms with Crippen LogP contribution in [0.1, 0.15) is 12.5 Å². The van der Waals surface area contributed by atoms with E-state index in [2.05, 4.69) is 4.99 Å². The van der Waals surface area contributed by atoms with Gasteiger partial charge in [-0.05, 0) is 48.9 Å². The maximum absolute atomic E-state index is 10.7. The maximum atomic E-state index is 10.7. The highest BCUT2D eigenvalue weighted by molar-refractivity contribution is 6.00. The van der Waals surface area contributed by atoms with Gasteiger partial charge in [-0.25, -0.2) is 5.21 Å². The predicted octanol–water partition coefficient (Wildman–Crippen LogP) is 1.94. The largest absolute Gasteiger partial charge is 0.595 e. The molecular formula is C14H14N2O3. The third-order valence-electron chi connectivity index (χ3n) is 2.70. The molecule has 2 aromatic rings. The van der Waals surface area contributed by atoms with Crippen LogP contribution in [0.25, 0.3) is 0 Å². The summed E-state index contributed by atoms with van der Waals surface area (Å²) in [6.07, 6.45) is 0. The van der Waals surface area contributed by atoms with Crippen molar-refractivity contribution in [3.8, 4) is 5.75 Å². The summed E-state index contributed by atoms with van der Waals surface area (Å²) < 4.78 is 0. The highest BCUT2D eigenvalue weighted by atomic mass is 16.8. The molecule has 1 unspecified atom stereocenters. The molecule has 0 spiro atoms. The number of rotatable bonds is 3. The van der Waals surface area contributed by atoms with Gasteiger partial charge in [-0.3, -0.25) is 4.99 Å². The van der Waals surface area contributed by atoms with Crippen LogP contribution in [0.4, 0.5) is 11.4 Å². The van der Waals surface area contributed by atoms with Gasteiger partial charge in [0.2, 0.25) is 0 Å².